The number of anilines is 1. The summed E-state index contributed by atoms with van der Waals surface area (Å²) < 4.78 is 0. The molecule has 2 N–H and O–H groups in total. The van der Waals surface area contributed by atoms with E-state index < -0.39 is 11.6 Å². The molecule has 4 rings (SSSR count). The molecule has 1 fully saturated rings. The van der Waals surface area contributed by atoms with Gasteiger partial charge in [-0.2, -0.15) is 0 Å². The van der Waals surface area contributed by atoms with Crippen molar-refractivity contribution in [1.82, 2.24) is 15.2 Å². The monoisotopic (exact) mass is 400 g/mol. The van der Waals surface area contributed by atoms with Crippen LogP contribution in [-0.4, -0.2) is 27.7 Å². The van der Waals surface area contributed by atoms with E-state index in [1.54, 1.807) is 55.6 Å². The van der Waals surface area contributed by atoms with E-state index in [0.29, 0.717) is 16.9 Å². The lowest BCUT2D eigenvalue weighted by molar-refractivity contribution is -0.131. The molecule has 1 aliphatic rings. The van der Waals surface area contributed by atoms with Crippen molar-refractivity contribution in [3.05, 3.63) is 95.8 Å². The van der Waals surface area contributed by atoms with Gasteiger partial charge in [0.05, 0.1) is 12.2 Å². The number of hydrogen-bond donors (Lipinski definition) is 2. The van der Waals surface area contributed by atoms with Crippen molar-refractivity contribution in [2.75, 3.05) is 5.32 Å². The molecular weight excluding hydrogens is 380 g/mol. The second-order valence-electron chi connectivity index (χ2n) is 7.18. The van der Waals surface area contributed by atoms with Gasteiger partial charge in [0.15, 0.2) is 5.54 Å². The molecule has 0 bridgehead atoms. The summed E-state index contributed by atoms with van der Waals surface area (Å²) in [4.78, 5) is 43.2. The van der Waals surface area contributed by atoms with E-state index in [9.17, 15) is 14.4 Å². The van der Waals surface area contributed by atoms with Crippen LogP contribution in [0.3, 0.4) is 0 Å². The van der Waals surface area contributed by atoms with Gasteiger partial charge in [-0.15, -0.1) is 0 Å². The largest absolute Gasteiger partial charge is 0.325 e. The maximum Gasteiger partial charge on any atom is 0.325 e. The van der Waals surface area contributed by atoms with Crippen molar-refractivity contribution >= 4 is 23.5 Å². The number of imide groups is 1. The molecule has 7 heteroatoms. The molecule has 4 amide bonds. The standard InChI is InChI=1S/C23H20N4O3/c1-23(19-9-5-6-14-24-19)21(29)27(22(30)26-23)15-16-10-12-17(13-11-16)20(28)25-18-7-3-2-4-8-18/h2-14H,15H2,1H3,(H,25,28)(H,26,30). The highest BCUT2D eigenvalue weighted by Gasteiger charge is 2.49. The number of nitrogens with one attached hydrogen (secondary N) is 2. The van der Waals surface area contributed by atoms with Gasteiger partial charge in [-0.1, -0.05) is 36.4 Å². The minimum Gasteiger partial charge on any atom is -0.322 e. The molecule has 30 heavy (non-hydrogen) atoms. The molecule has 1 unspecified atom stereocenters. The predicted molar refractivity (Wildman–Crippen MR) is 112 cm³/mol. The second-order valence-corrected chi connectivity index (χ2v) is 7.18. The van der Waals surface area contributed by atoms with Crippen molar-refractivity contribution in [1.29, 1.82) is 0 Å². The van der Waals surface area contributed by atoms with Crippen molar-refractivity contribution in [3.63, 3.8) is 0 Å². The SMILES string of the molecule is CC1(c2ccccn2)NC(=O)N(Cc2ccc(C(=O)Nc3ccccc3)cc2)C1=O. The number of carbonyl (C=O) groups excluding carboxylic acids is 3. The molecule has 0 spiro atoms. The van der Waals surface area contributed by atoms with Crippen LogP contribution in [-0.2, 0) is 16.9 Å². The number of hydrogen-bond acceptors (Lipinski definition) is 4. The van der Waals surface area contributed by atoms with E-state index in [-0.39, 0.29) is 18.4 Å². The maximum absolute atomic E-state index is 13.0. The molecule has 3 aromatic rings. The topological polar surface area (TPSA) is 91.4 Å². The van der Waals surface area contributed by atoms with E-state index in [4.69, 9.17) is 0 Å². The van der Waals surface area contributed by atoms with Crippen LogP contribution in [0.5, 0.6) is 0 Å². The van der Waals surface area contributed by atoms with E-state index in [0.717, 1.165) is 10.5 Å². The average molecular weight is 400 g/mol. The lowest BCUT2D eigenvalue weighted by Crippen LogP contribution is -2.41. The van der Waals surface area contributed by atoms with Gasteiger partial charge < -0.3 is 10.6 Å². The zero-order valence-corrected chi connectivity index (χ0v) is 16.3. The molecule has 7 nitrogen and oxygen atoms in total. The van der Waals surface area contributed by atoms with Gasteiger partial charge in [-0.3, -0.25) is 19.5 Å². The molecular formula is C23H20N4O3. The molecule has 0 saturated carbocycles. The number of rotatable bonds is 5. The van der Waals surface area contributed by atoms with Gasteiger partial charge in [0.25, 0.3) is 11.8 Å². The van der Waals surface area contributed by atoms with Crippen molar-refractivity contribution in [2.24, 2.45) is 0 Å². The Balaban J connectivity index is 1.46. The van der Waals surface area contributed by atoms with Crippen molar-refractivity contribution < 1.29 is 14.4 Å². The smallest absolute Gasteiger partial charge is 0.322 e. The lowest BCUT2D eigenvalue weighted by Gasteiger charge is -2.21. The molecule has 2 heterocycles. The Hall–Kier alpha value is -4.00. The summed E-state index contributed by atoms with van der Waals surface area (Å²) in [5, 5.41) is 5.55. The molecule has 1 aromatic heterocycles. The third-order valence-corrected chi connectivity index (χ3v) is 5.04. The van der Waals surface area contributed by atoms with Crippen LogP contribution >= 0.6 is 0 Å². The predicted octanol–water partition coefficient (Wildman–Crippen LogP) is 3.30. The number of pyridine rings is 1. The van der Waals surface area contributed by atoms with E-state index in [2.05, 4.69) is 15.6 Å². The van der Waals surface area contributed by atoms with Gasteiger partial charge in [0.1, 0.15) is 0 Å². The summed E-state index contributed by atoms with van der Waals surface area (Å²) in [5.74, 6) is -0.595. The average Bonchev–Trinajstić information content (AvgIpc) is 2.99. The molecule has 1 saturated heterocycles. The Morgan fingerprint density at radius 3 is 2.37 bits per heavy atom. The van der Waals surface area contributed by atoms with Crippen molar-refractivity contribution in [2.45, 2.75) is 19.0 Å². The first-order valence-electron chi connectivity index (χ1n) is 9.48. The number of urea groups is 1. The first kappa shape index (κ1) is 19.3. The van der Waals surface area contributed by atoms with E-state index in [1.807, 2.05) is 30.3 Å². The summed E-state index contributed by atoms with van der Waals surface area (Å²) in [6, 6.07) is 20.7. The number of carbonyl (C=O) groups is 3. The normalized spacial score (nSPS) is 18.2. The third-order valence-electron chi connectivity index (χ3n) is 5.04. The summed E-state index contributed by atoms with van der Waals surface area (Å²) in [7, 11) is 0. The van der Waals surface area contributed by atoms with Gasteiger partial charge in [0, 0.05) is 17.4 Å². The van der Waals surface area contributed by atoms with Gasteiger partial charge in [-0.05, 0) is 48.9 Å². The van der Waals surface area contributed by atoms with Gasteiger partial charge in [0.2, 0.25) is 0 Å². The van der Waals surface area contributed by atoms with Crippen LogP contribution in [0.2, 0.25) is 0 Å². The second kappa shape index (κ2) is 7.79. The molecule has 0 aliphatic carbocycles. The highest BCUT2D eigenvalue weighted by Crippen LogP contribution is 2.28. The number of amides is 4. The highest BCUT2D eigenvalue weighted by atomic mass is 16.2. The molecule has 1 aliphatic heterocycles. The Labute approximate surface area is 173 Å². The summed E-state index contributed by atoms with van der Waals surface area (Å²) >= 11 is 0. The lowest BCUT2D eigenvalue weighted by atomic mass is 9.97. The van der Waals surface area contributed by atoms with Gasteiger partial charge >= 0.3 is 6.03 Å². The van der Waals surface area contributed by atoms with Crippen LogP contribution in [0.1, 0.15) is 28.5 Å². The number of aromatic nitrogens is 1. The Morgan fingerprint density at radius 2 is 1.70 bits per heavy atom. The molecule has 150 valence electrons. The van der Waals surface area contributed by atoms with Crippen LogP contribution in [0, 0.1) is 0 Å². The van der Waals surface area contributed by atoms with Crippen molar-refractivity contribution in [3.8, 4) is 0 Å². The number of benzene rings is 2. The molecule has 2 aromatic carbocycles. The summed E-state index contributed by atoms with van der Waals surface area (Å²) in [5.41, 5.74) is 1.21. The summed E-state index contributed by atoms with van der Waals surface area (Å²) in [6.45, 7) is 1.75. The minimum absolute atomic E-state index is 0.105. The van der Waals surface area contributed by atoms with Crippen LogP contribution in [0.25, 0.3) is 0 Å². The molecule has 0 radical (unpaired) electrons. The zero-order valence-electron chi connectivity index (χ0n) is 16.3. The van der Waals surface area contributed by atoms with E-state index >= 15 is 0 Å². The Bertz CT molecular complexity index is 1080. The fraction of sp³-hybridized carbons (Fsp3) is 0.130. The Morgan fingerprint density at radius 1 is 1.00 bits per heavy atom. The third kappa shape index (κ3) is 3.65. The maximum atomic E-state index is 13.0. The van der Waals surface area contributed by atoms with Crippen LogP contribution in [0.15, 0.2) is 79.0 Å². The highest BCUT2D eigenvalue weighted by molar-refractivity contribution is 6.07. The number of para-hydroxylation sites is 1. The van der Waals surface area contributed by atoms with Gasteiger partial charge in [-0.25, -0.2) is 4.79 Å². The first-order valence-corrected chi connectivity index (χ1v) is 9.48. The fourth-order valence-electron chi connectivity index (χ4n) is 3.34. The molecule has 1 atom stereocenters. The zero-order chi connectivity index (χ0) is 21.1. The number of nitrogens with zero attached hydrogens (tertiary/aromatic N) is 2. The fourth-order valence-corrected chi connectivity index (χ4v) is 3.34. The van der Waals surface area contributed by atoms with E-state index in [1.165, 1.54) is 0 Å². The first-order chi connectivity index (χ1) is 14.5. The minimum atomic E-state index is -1.20. The van der Waals surface area contributed by atoms with Crippen LogP contribution in [0.4, 0.5) is 10.5 Å². The quantitative estimate of drug-likeness (QED) is 0.643. The van der Waals surface area contributed by atoms with Crippen LogP contribution < -0.4 is 10.6 Å². The summed E-state index contributed by atoms with van der Waals surface area (Å²) in [6.07, 6.45) is 1.59. The Kier molecular flexibility index (Phi) is 5.02.